The number of ether oxygens (including phenoxy) is 1. The standard InChI is InChI=1S/C53H41N6O.Pt/c1-52(2,3)35-26-27-54-47(30-35)59-45-21-12-10-18-40(45)41-23-22-38(32-46(41)59)60-37-17-13-16-36(31-37)57-33-58(51-50(57)55-28-29-56-51)49-39(34-14-7-6-8-15-34)24-25-44-48(49)42-19-9-11-20-43(42)53(44,4)5;/h6-30,33H,1-5H3;/q-3;. The summed E-state index contributed by atoms with van der Waals surface area (Å²) >= 11 is 0. The number of rotatable bonds is 6. The Morgan fingerprint density at radius 3 is 2.18 bits per heavy atom. The Balaban J connectivity index is 0.00000445. The van der Waals surface area contributed by atoms with Crippen LogP contribution in [0.25, 0.3) is 49.9 Å². The topological polar surface area (TPSA) is 59.3 Å². The van der Waals surface area contributed by atoms with E-state index >= 15 is 0 Å². The van der Waals surface area contributed by atoms with Gasteiger partial charge in [-0.15, -0.1) is 42.4 Å². The maximum absolute atomic E-state index is 6.62. The second-order valence-corrected chi connectivity index (χ2v) is 17.1. The first-order valence-electron chi connectivity index (χ1n) is 20.3. The molecule has 1 aliphatic carbocycles. The number of hydrogen-bond acceptors (Lipinski definition) is 6. The van der Waals surface area contributed by atoms with Crippen molar-refractivity contribution >= 4 is 44.8 Å². The third kappa shape index (κ3) is 6.25. The van der Waals surface area contributed by atoms with Crippen molar-refractivity contribution in [2.45, 2.75) is 45.4 Å². The molecule has 0 radical (unpaired) electrons. The van der Waals surface area contributed by atoms with E-state index in [9.17, 15) is 0 Å². The fraction of sp³-hybridized carbons (Fsp3) is 0.132. The molecule has 1 aliphatic heterocycles. The second kappa shape index (κ2) is 14.6. The average Bonchev–Trinajstić information content (AvgIpc) is 3.89. The van der Waals surface area contributed by atoms with Crippen LogP contribution in [-0.4, -0.2) is 19.5 Å². The predicted octanol–water partition coefficient (Wildman–Crippen LogP) is 13.0. The number of para-hydroxylation sites is 1. The van der Waals surface area contributed by atoms with Gasteiger partial charge in [-0.2, -0.15) is 12.1 Å². The molecule has 0 saturated heterocycles. The van der Waals surface area contributed by atoms with Gasteiger partial charge in [-0.05, 0) is 56.8 Å². The van der Waals surface area contributed by atoms with E-state index in [2.05, 4.69) is 172 Å². The average molecular weight is 973 g/mol. The summed E-state index contributed by atoms with van der Waals surface area (Å²) in [5.41, 5.74) is 12.1. The van der Waals surface area contributed by atoms with Crippen LogP contribution in [0.3, 0.4) is 0 Å². The van der Waals surface area contributed by atoms with Crippen LogP contribution >= 0.6 is 0 Å². The van der Waals surface area contributed by atoms with Crippen molar-refractivity contribution in [1.82, 2.24) is 19.5 Å². The Labute approximate surface area is 370 Å². The summed E-state index contributed by atoms with van der Waals surface area (Å²) in [6.45, 7) is 13.4. The summed E-state index contributed by atoms with van der Waals surface area (Å²) < 4.78 is 8.80. The summed E-state index contributed by atoms with van der Waals surface area (Å²) in [5.74, 6) is 3.41. The Morgan fingerprint density at radius 2 is 1.36 bits per heavy atom. The molecule has 2 aliphatic rings. The number of nitrogens with zero attached hydrogens (tertiary/aromatic N) is 6. The van der Waals surface area contributed by atoms with E-state index in [1.54, 1.807) is 12.4 Å². The van der Waals surface area contributed by atoms with Crippen LogP contribution in [0.1, 0.15) is 51.3 Å². The molecule has 0 bridgehead atoms. The van der Waals surface area contributed by atoms with Crippen LogP contribution in [0.2, 0.25) is 0 Å². The molecule has 9 aromatic rings. The van der Waals surface area contributed by atoms with Crippen LogP contribution in [-0.2, 0) is 31.9 Å². The number of hydrogen-bond donors (Lipinski definition) is 0. The number of pyridine rings is 1. The molecule has 3 aromatic heterocycles. The van der Waals surface area contributed by atoms with Crippen molar-refractivity contribution < 1.29 is 25.8 Å². The molecular formula is C53H41N6OPt-3. The number of fused-ring (bicyclic) bond motifs is 7. The molecule has 8 heteroatoms. The van der Waals surface area contributed by atoms with Crippen LogP contribution in [0, 0.1) is 18.8 Å². The third-order valence-corrected chi connectivity index (χ3v) is 12.0. The number of anilines is 4. The van der Waals surface area contributed by atoms with Crippen molar-refractivity contribution in [2.75, 3.05) is 9.80 Å². The minimum atomic E-state index is -0.179. The first-order chi connectivity index (χ1) is 29.1. The first kappa shape index (κ1) is 38.6. The van der Waals surface area contributed by atoms with E-state index in [1.807, 2.05) is 35.4 Å². The molecule has 0 fully saturated rings. The SMILES string of the molecule is CC(C)(C)c1ccnc(-n2c3[c-]c(Oc4[c-]c(N5[CH-]N(c6c(-c7ccccc7)ccc7c6-c6ccccc6C7(C)C)c6nccnc65)ccc4)ccc3c3ccccc32)c1.[Pt]. The minimum absolute atomic E-state index is 0. The Hall–Kier alpha value is -6.56. The molecule has 0 atom stereocenters. The van der Waals surface area contributed by atoms with E-state index in [4.69, 9.17) is 19.7 Å². The maximum atomic E-state index is 6.62. The minimum Gasteiger partial charge on any atom is -0.509 e. The van der Waals surface area contributed by atoms with Crippen LogP contribution in [0.4, 0.5) is 23.0 Å². The summed E-state index contributed by atoms with van der Waals surface area (Å²) in [5, 5.41) is 2.21. The van der Waals surface area contributed by atoms with Crippen molar-refractivity contribution in [1.29, 1.82) is 0 Å². The molecular weight excluding hydrogens is 932 g/mol. The number of aromatic nitrogens is 4. The van der Waals surface area contributed by atoms with Gasteiger partial charge < -0.3 is 19.1 Å². The predicted molar refractivity (Wildman–Crippen MR) is 242 cm³/mol. The Bertz CT molecular complexity index is 3150. The molecule has 0 N–H and O–H groups in total. The fourth-order valence-electron chi connectivity index (χ4n) is 9.04. The molecule has 11 rings (SSSR count). The fourth-order valence-corrected chi connectivity index (χ4v) is 9.04. The second-order valence-electron chi connectivity index (χ2n) is 17.1. The Kier molecular flexibility index (Phi) is 9.22. The zero-order chi connectivity index (χ0) is 40.8. The zero-order valence-electron chi connectivity index (χ0n) is 34.4. The summed E-state index contributed by atoms with van der Waals surface area (Å²) in [6.07, 6.45) is 5.39. The summed E-state index contributed by atoms with van der Waals surface area (Å²) in [7, 11) is 0. The van der Waals surface area contributed by atoms with Crippen LogP contribution in [0.5, 0.6) is 11.5 Å². The molecule has 0 spiro atoms. The smallest absolute Gasteiger partial charge is 0.145 e. The van der Waals surface area contributed by atoms with E-state index in [1.165, 1.54) is 27.8 Å². The molecule has 61 heavy (non-hydrogen) atoms. The normalized spacial score (nSPS) is 13.9. The van der Waals surface area contributed by atoms with Gasteiger partial charge in [0.25, 0.3) is 0 Å². The van der Waals surface area contributed by atoms with Crippen molar-refractivity contribution in [3.8, 4) is 39.6 Å². The van der Waals surface area contributed by atoms with E-state index in [-0.39, 0.29) is 31.9 Å². The Morgan fingerprint density at radius 1 is 0.623 bits per heavy atom. The van der Waals surface area contributed by atoms with Crippen LogP contribution < -0.4 is 14.5 Å². The van der Waals surface area contributed by atoms with Gasteiger partial charge in [0, 0.05) is 78.9 Å². The van der Waals surface area contributed by atoms with Crippen molar-refractivity contribution in [3.63, 3.8) is 0 Å². The summed E-state index contributed by atoms with van der Waals surface area (Å²) in [6, 6.07) is 53.8. The van der Waals surface area contributed by atoms with Crippen LogP contribution in [0.15, 0.2) is 152 Å². The molecule has 4 heterocycles. The van der Waals surface area contributed by atoms with Crippen molar-refractivity contribution in [3.05, 3.63) is 188 Å². The molecule has 0 amide bonds. The molecule has 302 valence electrons. The molecule has 0 saturated carbocycles. The van der Waals surface area contributed by atoms with Crippen molar-refractivity contribution in [2.24, 2.45) is 0 Å². The monoisotopic (exact) mass is 972 g/mol. The van der Waals surface area contributed by atoms with E-state index in [0.29, 0.717) is 17.3 Å². The van der Waals surface area contributed by atoms with Gasteiger partial charge in [-0.3, -0.25) is 0 Å². The first-order valence-corrected chi connectivity index (χ1v) is 20.3. The van der Waals surface area contributed by atoms with E-state index < -0.39 is 0 Å². The molecule has 7 nitrogen and oxygen atoms in total. The quantitative estimate of drug-likeness (QED) is 0.155. The van der Waals surface area contributed by atoms with E-state index in [0.717, 1.165) is 55.9 Å². The summed E-state index contributed by atoms with van der Waals surface area (Å²) in [4.78, 5) is 19.0. The van der Waals surface area contributed by atoms with Gasteiger partial charge in [-0.25, -0.2) is 15.0 Å². The largest absolute Gasteiger partial charge is 0.509 e. The van der Waals surface area contributed by atoms with Gasteiger partial charge in [0.05, 0.1) is 0 Å². The van der Waals surface area contributed by atoms with Gasteiger partial charge >= 0.3 is 0 Å². The van der Waals surface area contributed by atoms with Gasteiger partial charge in [0.1, 0.15) is 17.5 Å². The van der Waals surface area contributed by atoms with Gasteiger partial charge in [-0.1, -0.05) is 131 Å². The molecule has 6 aromatic carbocycles. The van der Waals surface area contributed by atoms with Gasteiger partial charge in [0.15, 0.2) is 0 Å². The molecule has 0 unspecified atom stereocenters. The van der Waals surface area contributed by atoms with Gasteiger partial charge in [0.2, 0.25) is 0 Å². The maximum Gasteiger partial charge on any atom is 0.145 e. The number of benzene rings is 6. The zero-order valence-corrected chi connectivity index (χ0v) is 36.7. The third-order valence-electron chi connectivity index (χ3n) is 12.0.